The zero-order valence-corrected chi connectivity index (χ0v) is 14.5. The number of amides is 2. The Morgan fingerprint density at radius 1 is 1.38 bits per heavy atom. The lowest BCUT2D eigenvalue weighted by Gasteiger charge is -2.31. The van der Waals surface area contributed by atoms with Gasteiger partial charge in [0.05, 0.1) is 17.5 Å². The van der Waals surface area contributed by atoms with E-state index in [0.29, 0.717) is 19.0 Å². The van der Waals surface area contributed by atoms with Gasteiger partial charge in [-0.1, -0.05) is 30.3 Å². The normalized spacial score (nSPS) is 24.5. The van der Waals surface area contributed by atoms with Gasteiger partial charge in [0.2, 0.25) is 11.8 Å². The molecule has 0 aromatic heterocycles. The van der Waals surface area contributed by atoms with E-state index in [1.54, 1.807) is 0 Å². The third kappa shape index (κ3) is 3.31. The van der Waals surface area contributed by atoms with Crippen LogP contribution in [0.1, 0.15) is 44.7 Å². The van der Waals surface area contributed by atoms with Crippen molar-refractivity contribution in [2.75, 3.05) is 13.1 Å². The number of likely N-dealkylation sites (tertiary alicyclic amines) is 1. The van der Waals surface area contributed by atoms with Gasteiger partial charge >= 0.3 is 0 Å². The summed E-state index contributed by atoms with van der Waals surface area (Å²) in [6.45, 7) is 4.95. The Bertz CT molecular complexity index is 614. The Morgan fingerprint density at radius 2 is 2.04 bits per heavy atom. The van der Waals surface area contributed by atoms with Crippen molar-refractivity contribution >= 4 is 11.8 Å². The number of hydrogen-bond acceptors (Lipinski definition) is 3. The van der Waals surface area contributed by atoms with Crippen LogP contribution >= 0.6 is 0 Å². The molecule has 1 saturated carbocycles. The van der Waals surface area contributed by atoms with E-state index < -0.39 is 0 Å². The highest BCUT2D eigenvalue weighted by Crippen LogP contribution is 2.39. The predicted octanol–water partition coefficient (Wildman–Crippen LogP) is 1.84. The molecule has 2 amide bonds. The van der Waals surface area contributed by atoms with Gasteiger partial charge in [0.15, 0.2) is 0 Å². The van der Waals surface area contributed by atoms with Crippen molar-refractivity contribution in [1.29, 1.82) is 0 Å². The lowest BCUT2D eigenvalue weighted by Crippen LogP contribution is -2.54. The first kappa shape index (κ1) is 17.0. The molecule has 3 atom stereocenters. The monoisotopic (exact) mass is 329 g/mol. The van der Waals surface area contributed by atoms with Crippen molar-refractivity contribution in [3.8, 4) is 0 Å². The van der Waals surface area contributed by atoms with E-state index in [1.165, 1.54) is 0 Å². The maximum Gasteiger partial charge on any atom is 0.225 e. The molecule has 1 aromatic rings. The van der Waals surface area contributed by atoms with E-state index in [4.69, 9.17) is 5.73 Å². The largest absolute Gasteiger partial charge is 0.349 e. The maximum absolute atomic E-state index is 12.7. The third-order valence-corrected chi connectivity index (χ3v) is 5.59. The summed E-state index contributed by atoms with van der Waals surface area (Å²) in [6, 6.07) is 9.93. The summed E-state index contributed by atoms with van der Waals surface area (Å²) < 4.78 is 0. The molecule has 2 aliphatic rings. The Kier molecular flexibility index (Phi) is 4.63. The average molecular weight is 329 g/mol. The van der Waals surface area contributed by atoms with E-state index in [0.717, 1.165) is 18.4 Å². The molecule has 130 valence electrons. The average Bonchev–Trinajstić information content (AvgIpc) is 3.38. The molecule has 24 heavy (non-hydrogen) atoms. The van der Waals surface area contributed by atoms with Gasteiger partial charge in [0.1, 0.15) is 0 Å². The van der Waals surface area contributed by atoms with Gasteiger partial charge in [-0.2, -0.15) is 0 Å². The van der Waals surface area contributed by atoms with Gasteiger partial charge in [-0.3, -0.25) is 9.59 Å². The fraction of sp³-hybridized carbons (Fsp3) is 0.579. The smallest absolute Gasteiger partial charge is 0.225 e. The first-order valence-corrected chi connectivity index (χ1v) is 8.81. The van der Waals surface area contributed by atoms with Gasteiger partial charge in [-0.15, -0.1) is 0 Å². The van der Waals surface area contributed by atoms with Crippen LogP contribution in [0.3, 0.4) is 0 Å². The summed E-state index contributed by atoms with van der Waals surface area (Å²) in [4.78, 5) is 26.9. The Labute approximate surface area is 143 Å². The maximum atomic E-state index is 12.7. The molecule has 1 aliphatic carbocycles. The van der Waals surface area contributed by atoms with E-state index in [2.05, 4.69) is 5.32 Å². The summed E-state index contributed by atoms with van der Waals surface area (Å²) >= 11 is 0. The van der Waals surface area contributed by atoms with E-state index >= 15 is 0 Å². The number of rotatable bonds is 6. The molecule has 1 aliphatic heterocycles. The van der Waals surface area contributed by atoms with Crippen LogP contribution in [-0.4, -0.2) is 35.3 Å². The zero-order valence-electron chi connectivity index (χ0n) is 14.5. The predicted molar refractivity (Wildman–Crippen MR) is 93.0 cm³/mol. The topological polar surface area (TPSA) is 75.4 Å². The molecule has 5 nitrogen and oxygen atoms in total. The van der Waals surface area contributed by atoms with Crippen LogP contribution in [0.2, 0.25) is 0 Å². The molecule has 3 unspecified atom stereocenters. The standard InChI is InChI=1S/C19H27N3O2/c1-13(14-6-4-3-5-7-14)22-11-15(10-17(22)23)18(24)21-19(2,12-20)16-8-9-16/h3-7,13,15-16H,8-12,20H2,1-2H3,(H,21,24). The van der Waals surface area contributed by atoms with Crippen molar-refractivity contribution in [3.05, 3.63) is 35.9 Å². The second-order valence-electron chi connectivity index (χ2n) is 7.42. The fourth-order valence-corrected chi connectivity index (χ4v) is 3.62. The summed E-state index contributed by atoms with van der Waals surface area (Å²) in [7, 11) is 0. The second kappa shape index (κ2) is 6.55. The van der Waals surface area contributed by atoms with E-state index in [-0.39, 0.29) is 35.7 Å². The molecule has 5 heteroatoms. The molecule has 1 heterocycles. The summed E-state index contributed by atoms with van der Waals surface area (Å²) in [6.07, 6.45) is 2.53. The molecular weight excluding hydrogens is 302 g/mol. The first-order chi connectivity index (χ1) is 11.4. The number of nitrogens with two attached hydrogens (primary N) is 1. The first-order valence-electron chi connectivity index (χ1n) is 8.81. The SMILES string of the molecule is CC(c1ccccc1)N1CC(C(=O)NC(C)(CN)C2CC2)CC1=O. The summed E-state index contributed by atoms with van der Waals surface area (Å²) in [5.74, 6) is 0.203. The van der Waals surface area contributed by atoms with Crippen molar-refractivity contribution in [3.63, 3.8) is 0 Å². The number of nitrogens with zero attached hydrogens (tertiary/aromatic N) is 1. The van der Waals surface area contributed by atoms with Gasteiger partial charge in [-0.25, -0.2) is 0 Å². The highest BCUT2D eigenvalue weighted by molar-refractivity contribution is 5.89. The van der Waals surface area contributed by atoms with Crippen LogP contribution in [0.5, 0.6) is 0 Å². The lowest BCUT2D eigenvalue weighted by atomic mass is 9.94. The molecule has 1 aromatic carbocycles. The molecule has 3 N–H and O–H groups in total. The van der Waals surface area contributed by atoms with Gasteiger partial charge in [0, 0.05) is 19.5 Å². The molecule has 1 saturated heterocycles. The molecule has 2 fully saturated rings. The number of nitrogens with one attached hydrogen (secondary N) is 1. The van der Waals surface area contributed by atoms with Crippen molar-refractivity contribution in [1.82, 2.24) is 10.2 Å². The fourth-order valence-electron chi connectivity index (χ4n) is 3.62. The van der Waals surface area contributed by atoms with Crippen LogP contribution in [-0.2, 0) is 9.59 Å². The van der Waals surface area contributed by atoms with Crippen LogP contribution in [0.15, 0.2) is 30.3 Å². The van der Waals surface area contributed by atoms with E-state index in [9.17, 15) is 9.59 Å². The molecule has 3 rings (SSSR count). The quantitative estimate of drug-likeness (QED) is 0.836. The van der Waals surface area contributed by atoms with Crippen molar-refractivity contribution in [2.24, 2.45) is 17.6 Å². The van der Waals surface area contributed by atoms with Gasteiger partial charge < -0.3 is 16.0 Å². The highest BCUT2D eigenvalue weighted by atomic mass is 16.2. The minimum Gasteiger partial charge on any atom is -0.349 e. The number of benzene rings is 1. The van der Waals surface area contributed by atoms with Crippen LogP contribution < -0.4 is 11.1 Å². The zero-order chi connectivity index (χ0) is 17.3. The molecule has 0 spiro atoms. The van der Waals surface area contributed by atoms with Crippen LogP contribution in [0.4, 0.5) is 0 Å². The number of hydrogen-bond donors (Lipinski definition) is 2. The molecule has 0 bridgehead atoms. The third-order valence-electron chi connectivity index (χ3n) is 5.59. The Balaban J connectivity index is 1.65. The van der Waals surface area contributed by atoms with Gasteiger partial charge in [0.25, 0.3) is 0 Å². The van der Waals surface area contributed by atoms with Crippen molar-refractivity contribution in [2.45, 2.75) is 44.7 Å². The molecular formula is C19H27N3O2. The lowest BCUT2D eigenvalue weighted by molar-refractivity contribution is -0.130. The second-order valence-corrected chi connectivity index (χ2v) is 7.42. The van der Waals surface area contributed by atoms with Crippen LogP contribution in [0, 0.1) is 11.8 Å². The number of carbonyl (C=O) groups is 2. The van der Waals surface area contributed by atoms with E-state index in [1.807, 2.05) is 49.1 Å². The van der Waals surface area contributed by atoms with Crippen LogP contribution in [0.25, 0.3) is 0 Å². The number of carbonyl (C=O) groups excluding carboxylic acids is 2. The highest BCUT2D eigenvalue weighted by Gasteiger charge is 2.44. The molecule has 0 radical (unpaired) electrons. The van der Waals surface area contributed by atoms with Gasteiger partial charge in [-0.05, 0) is 38.2 Å². The minimum atomic E-state index is -0.335. The minimum absolute atomic E-state index is 0.0131. The summed E-state index contributed by atoms with van der Waals surface area (Å²) in [5, 5.41) is 3.12. The Morgan fingerprint density at radius 3 is 2.62 bits per heavy atom. The summed E-state index contributed by atoms with van der Waals surface area (Å²) in [5.41, 5.74) is 6.64. The van der Waals surface area contributed by atoms with Crippen molar-refractivity contribution < 1.29 is 9.59 Å². The Hall–Kier alpha value is -1.88.